The van der Waals surface area contributed by atoms with E-state index in [1.54, 1.807) is 7.11 Å². The van der Waals surface area contributed by atoms with Crippen molar-refractivity contribution in [1.29, 1.82) is 0 Å². The van der Waals surface area contributed by atoms with Crippen LogP contribution < -0.4 is 4.74 Å². The molecule has 1 aromatic carbocycles. The van der Waals surface area contributed by atoms with Gasteiger partial charge in [0, 0.05) is 17.3 Å². The summed E-state index contributed by atoms with van der Waals surface area (Å²) in [5.74, 6) is 0.947. The van der Waals surface area contributed by atoms with Crippen LogP contribution in [0.25, 0.3) is 0 Å². The molecule has 0 aliphatic rings. The van der Waals surface area contributed by atoms with Gasteiger partial charge in [-0.2, -0.15) is 0 Å². The van der Waals surface area contributed by atoms with E-state index in [2.05, 4.69) is 22.6 Å². The number of ether oxygens (including phenoxy) is 2. The van der Waals surface area contributed by atoms with Crippen LogP contribution in [0.2, 0.25) is 0 Å². The van der Waals surface area contributed by atoms with Gasteiger partial charge >= 0.3 is 0 Å². The van der Waals surface area contributed by atoms with Gasteiger partial charge in [0.15, 0.2) is 0 Å². The maximum absolute atomic E-state index is 5.55. The summed E-state index contributed by atoms with van der Waals surface area (Å²) in [6.07, 6.45) is 2.10. The molecule has 1 rings (SSSR count). The summed E-state index contributed by atoms with van der Waals surface area (Å²) >= 11 is 2.28. The normalized spacial score (nSPS) is 10.1. The maximum Gasteiger partial charge on any atom is 0.119 e. The third-order valence-electron chi connectivity index (χ3n) is 1.83. The molecule has 3 heteroatoms. The molecular formula is C11H15IO2. The smallest absolute Gasteiger partial charge is 0.119 e. The molecule has 0 N–H and O–H groups in total. The Bertz CT molecular complexity index is 246. The average molecular weight is 306 g/mol. The first kappa shape index (κ1) is 11.8. The van der Waals surface area contributed by atoms with Crippen LogP contribution in [0, 0.1) is 3.57 Å². The molecule has 0 fully saturated rings. The lowest BCUT2D eigenvalue weighted by molar-refractivity contribution is 0.184. The highest BCUT2D eigenvalue weighted by atomic mass is 127. The molecule has 0 bridgehead atoms. The number of halogens is 1. The number of methoxy groups -OCH3 is 1. The van der Waals surface area contributed by atoms with Gasteiger partial charge in [-0.15, -0.1) is 0 Å². The summed E-state index contributed by atoms with van der Waals surface area (Å²) < 4.78 is 11.7. The highest BCUT2D eigenvalue weighted by molar-refractivity contribution is 14.1. The lowest BCUT2D eigenvalue weighted by Crippen LogP contribution is -1.99. The minimum atomic E-state index is 0.768. The van der Waals surface area contributed by atoms with E-state index >= 15 is 0 Å². The number of unbranched alkanes of at least 4 members (excludes halogenated alkanes) is 1. The van der Waals surface area contributed by atoms with Gasteiger partial charge < -0.3 is 9.47 Å². The Labute approximate surface area is 98.7 Å². The largest absolute Gasteiger partial charge is 0.494 e. The first-order valence-electron chi connectivity index (χ1n) is 4.70. The number of hydrogen-bond acceptors (Lipinski definition) is 2. The van der Waals surface area contributed by atoms with Crippen LogP contribution in [0.15, 0.2) is 24.3 Å². The molecule has 14 heavy (non-hydrogen) atoms. The van der Waals surface area contributed by atoms with Crippen LogP contribution in [0.5, 0.6) is 5.75 Å². The molecular weight excluding hydrogens is 291 g/mol. The Morgan fingerprint density at radius 1 is 1.07 bits per heavy atom. The van der Waals surface area contributed by atoms with E-state index < -0.39 is 0 Å². The molecule has 0 saturated carbocycles. The second kappa shape index (κ2) is 7.06. The van der Waals surface area contributed by atoms with Crippen molar-refractivity contribution in [1.82, 2.24) is 0 Å². The molecule has 0 saturated heterocycles. The zero-order valence-corrected chi connectivity index (χ0v) is 10.5. The van der Waals surface area contributed by atoms with E-state index in [-0.39, 0.29) is 0 Å². The van der Waals surface area contributed by atoms with E-state index in [0.29, 0.717) is 0 Å². The summed E-state index contributed by atoms with van der Waals surface area (Å²) in [5, 5.41) is 0. The third-order valence-corrected chi connectivity index (χ3v) is 2.54. The number of hydrogen-bond donors (Lipinski definition) is 0. The van der Waals surface area contributed by atoms with Crippen LogP contribution in [0.3, 0.4) is 0 Å². The Morgan fingerprint density at radius 3 is 2.36 bits per heavy atom. The average Bonchev–Trinajstić information content (AvgIpc) is 2.21. The molecule has 1 aromatic rings. The van der Waals surface area contributed by atoms with Crippen LogP contribution in [0.4, 0.5) is 0 Å². The monoisotopic (exact) mass is 306 g/mol. The fourth-order valence-corrected chi connectivity index (χ4v) is 1.43. The Balaban J connectivity index is 2.15. The Kier molecular flexibility index (Phi) is 5.94. The lowest BCUT2D eigenvalue weighted by Gasteiger charge is -2.05. The van der Waals surface area contributed by atoms with Crippen molar-refractivity contribution in [3.05, 3.63) is 27.8 Å². The fraction of sp³-hybridized carbons (Fsp3) is 0.455. The van der Waals surface area contributed by atoms with Crippen molar-refractivity contribution in [2.75, 3.05) is 20.3 Å². The Hall–Kier alpha value is -0.290. The minimum absolute atomic E-state index is 0.768. The molecule has 0 heterocycles. The van der Waals surface area contributed by atoms with E-state index in [1.807, 2.05) is 24.3 Å². The highest BCUT2D eigenvalue weighted by Gasteiger charge is 1.93. The van der Waals surface area contributed by atoms with Crippen LogP contribution in [-0.2, 0) is 4.74 Å². The van der Waals surface area contributed by atoms with E-state index in [0.717, 1.165) is 31.8 Å². The summed E-state index contributed by atoms with van der Waals surface area (Å²) in [7, 11) is 1.72. The summed E-state index contributed by atoms with van der Waals surface area (Å²) in [4.78, 5) is 0. The summed E-state index contributed by atoms with van der Waals surface area (Å²) in [6.45, 7) is 1.58. The molecule has 0 aliphatic heterocycles. The van der Waals surface area contributed by atoms with Gasteiger partial charge in [-0.1, -0.05) is 0 Å². The van der Waals surface area contributed by atoms with Crippen molar-refractivity contribution in [3.8, 4) is 5.75 Å². The summed E-state index contributed by atoms with van der Waals surface area (Å²) in [5.41, 5.74) is 0. The molecule has 0 amide bonds. The predicted molar refractivity (Wildman–Crippen MR) is 65.8 cm³/mol. The SMILES string of the molecule is COCCCCOc1ccc(I)cc1. The molecule has 2 nitrogen and oxygen atoms in total. The first-order valence-corrected chi connectivity index (χ1v) is 5.78. The van der Waals surface area contributed by atoms with Crippen molar-refractivity contribution in [2.45, 2.75) is 12.8 Å². The molecule has 0 radical (unpaired) electrons. The lowest BCUT2D eigenvalue weighted by atomic mass is 10.3. The highest BCUT2D eigenvalue weighted by Crippen LogP contribution is 2.13. The fourth-order valence-electron chi connectivity index (χ4n) is 1.07. The van der Waals surface area contributed by atoms with Gasteiger partial charge in [0.05, 0.1) is 6.61 Å². The van der Waals surface area contributed by atoms with Crippen molar-refractivity contribution in [2.24, 2.45) is 0 Å². The van der Waals surface area contributed by atoms with Crippen LogP contribution in [0.1, 0.15) is 12.8 Å². The first-order chi connectivity index (χ1) is 6.83. The van der Waals surface area contributed by atoms with E-state index in [9.17, 15) is 0 Å². The topological polar surface area (TPSA) is 18.5 Å². The van der Waals surface area contributed by atoms with Gasteiger partial charge in [0.2, 0.25) is 0 Å². The quantitative estimate of drug-likeness (QED) is 0.594. The van der Waals surface area contributed by atoms with Gasteiger partial charge in [0.1, 0.15) is 5.75 Å². The van der Waals surface area contributed by atoms with Crippen molar-refractivity contribution in [3.63, 3.8) is 0 Å². The van der Waals surface area contributed by atoms with E-state index in [1.165, 1.54) is 3.57 Å². The maximum atomic E-state index is 5.55. The zero-order valence-electron chi connectivity index (χ0n) is 8.33. The van der Waals surface area contributed by atoms with E-state index in [4.69, 9.17) is 9.47 Å². The summed E-state index contributed by atoms with van der Waals surface area (Å²) in [6, 6.07) is 8.09. The Morgan fingerprint density at radius 2 is 1.71 bits per heavy atom. The van der Waals surface area contributed by atoms with Crippen LogP contribution >= 0.6 is 22.6 Å². The molecule has 0 unspecified atom stereocenters. The molecule has 0 aliphatic carbocycles. The molecule has 0 spiro atoms. The predicted octanol–water partition coefficient (Wildman–Crippen LogP) is 3.10. The standard InChI is InChI=1S/C11H15IO2/c1-13-8-2-3-9-14-11-6-4-10(12)5-7-11/h4-7H,2-3,8-9H2,1H3. The third kappa shape index (κ3) is 4.81. The van der Waals surface area contributed by atoms with Crippen molar-refractivity contribution < 1.29 is 9.47 Å². The van der Waals surface area contributed by atoms with Gasteiger partial charge in [-0.05, 0) is 59.7 Å². The number of rotatable bonds is 6. The zero-order chi connectivity index (χ0) is 10.2. The van der Waals surface area contributed by atoms with Gasteiger partial charge in [-0.25, -0.2) is 0 Å². The molecule has 0 atom stereocenters. The number of benzene rings is 1. The molecule has 0 aromatic heterocycles. The molecule has 78 valence electrons. The minimum Gasteiger partial charge on any atom is -0.494 e. The second-order valence-electron chi connectivity index (χ2n) is 3.00. The van der Waals surface area contributed by atoms with Crippen molar-refractivity contribution >= 4 is 22.6 Å². The van der Waals surface area contributed by atoms with Crippen LogP contribution in [-0.4, -0.2) is 20.3 Å². The second-order valence-corrected chi connectivity index (χ2v) is 4.25. The van der Waals surface area contributed by atoms with Gasteiger partial charge in [0.25, 0.3) is 0 Å². The van der Waals surface area contributed by atoms with Gasteiger partial charge in [-0.3, -0.25) is 0 Å².